The first-order chi connectivity index (χ1) is 14.5. The number of nitro groups is 1. The number of carboxylic acid groups (broad SMARTS) is 2. The molecule has 31 heavy (non-hydrogen) atoms. The molecule has 1 aliphatic rings. The van der Waals surface area contributed by atoms with E-state index < -0.39 is 33.8 Å². The van der Waals surface area contributed by atoms with Crippen LogP contribution in [0.15, 0.2) is 35.5 Å². The number of aliphatic carboxylic acids is 2. The minimum atomic E-state index is -1.67. The smallest absolute Gasteiger partial charge is 0.334 e. The quantitative estimate of drug-likeness (QED) is 0.467. The lowest BCUT2D eigenvalue weighted by atomic mass is 9.53. The highest BCUT2D eigenvalue weighted by molar-refractivity contribution is 5.94. The zero-order valence-corrected chi connectivity index (χ0v) is 17.8. The maximum atomic E-state index is 12.6. The fourth-order valence-corrected chi connectivity index (χ4v) is 4.65. The first-order valence-electron chi connectivity index (χ1n) is 9.60. The van der Waals surface area contributed by atoms with Crippen molar-refractivity contribution in [2.75, 3.05) is 20.2 Å². The highest BCUT2D eigenvalue weighted by atomic mass is 16.6. The van der Waals surface area contributed by atoms with Gasteiger partial charge in [0.05, 0.1) is 28.5 Å². The lowest BCUT2D eigenvalue weighted by Gasteiger charge is -2.53. The molecule has 0 amide bonds. The van der Waals surface area contributed by atoms with Crippen molar-refractivity contribution in [3.63, 3.8) is 0 Å². The van der Waals surface area contributed by atoms with Gasteiger partial charge in [0.15, 0.2) is 6.10 Å². The molecule has 0 radical (unpaired) electrons. The molecular formula is C21H25N3O7. The molecule has 0 bridgehead atoms. The summed E-state index contributed by atoms with van der Waals surface area (Å²) in [5.74, 6) is -2.57. The number of hydrogen-bond donors (Lipinski definition) is 2. The molecule has 1 aromatic carbocycles. The number of nitro benzene ring substituents is 1. The minimum Gasteiger partial charge on any atom is -0.481 e. The third-order valence-electron chi connectivity index (χ3n) is 6.29. The van der Waals surface area contributed by atoms with Gasteiger partial charge in [-0.25, -0.2) is 4.79 Å². The van der Waals surface area contributed by atoms with Gasteiger partial charge >= 0.3 is 11.9 Å². The fourth-order valence-electron chi connectivity index (χ4n) is 4.65. The predicted molar refractivity (Wildman–Crippen MR) is 109 cm³/mol. The Labute approximate surface area is 179 Å². The van der Waals surface area contributed by atoms with Gasteiger partial charge in [0.1, 0.15) is 0 Å². The van der Waals surface area contributed by atoms with Crippen LogP contribution in [-0.4, -0.2) is 58.3 Å². The van der Waals surface area contributed by atoms with E-state index >= 15 is 0 Å². The minimum absolute atomic E-state index is 0.0206. The lowest BCUT2D eigenvalue weighted by molar-refractivity contribution is -0.385. The third kappa shape index (κ3) is 3.72. The van der Waals surface area contributed by atoms with E-state index in [9.17, 15) is 35.2 Å². The topological polar surface area (TPSA) is 154 Å². The summed E-state index contributed by atoms with van der Waals surface area (Å²) in [6, 6.07) is 7.41. The number of nitriles is 1. The summed E-state index contributed by atoms with van der Waals surface area (Å²) in [6.45, 7) is 4.53. The summed E-state index contributed by atoms with van der Waals surface area (Å²) >= 11 is 0. The number of allylic oxidation sites excluding steroid dienone is 1. The van der Waals surface area contributed by atoms with Crippen molar-refractivity contribution < 1.29 is 29.5 Å². The van der Waals surface area contributed by atoms with Crippen LogP contribution in [0.1, 0.15) is 32.8 Å². The van der Waals surface area contributed by atoms with Crippen LogP contribution in [0, 0.1) is 26.9 Å². The van der Waals surface area contributed by atoms with E-state index in [-0.39, 0.29) is 42.0 Å². The van der Waals surface area contributed by atoms with Gasteiger partial charge in [0.2, 0.25) is 0 Å². The van der Waals surface area contributed by atoms with Gasteiger partial charge in [0.25, 0.3) is 5.69 Å². The monoisotopic (exact) mass is 431 g/mol. The maximum absolute atomic E-state index is 12.6. The van der Waals surface area contributed by atoms with Crippen molar-refractivity contribution in [1.82, 2.24) is 4.90 Å². The van der Waals surface area contributed by atoms with Crippen molar-refractivity contribution >= 4 is 17.6 Å². The van der Waals surface area contributed by atoms with Crippen LogP contribution in [-0.2, 0) is 19.7 Å². The van der Waals surface area contributed by atoms with E-state index in [2.05, 4.69) is 0 Å². The zero-order valence-electron chi connectivity index (χ0n) is 17.8. The molecule has 1 heterocycles. The van der Waals surface area contributed by atoms with E-state index in [1.165, 1.54) is 43.2 Å². The number of benzene rings is 1. The molecule has 0 aromatic heterocycles. The Balaban J connectivity index is 2.91. The van der Waals surface area contributed by atoms with Crippen molar-refractivity contribution in [2.45, 2.75) is 38.7 Å². The summed E-state index contributed by atoms with van der Waals surface area (Å²) in [5.41, 5.74) is -3.11. The van der Waals surface area contributed by atoms with Gasteiger partial charge in [-0.2, -0.15) is 5.26 Å². The number of rotatable bonds is 8. The molecule has 0 saturated carbocycles. The number of carboxylic acids is 2. The van der Waals surface area contributed by atoms with E-state index in [1.54, 1.807) is 13.8 Å². The Morgan fingerprint density at radius 1 is 1.42 bits per heavy atom. The normalized spacial score (nSPS) is 24.4. The Morgan fingerprint density at radius 2 is 2.06 bits per heavy atom. The van der Waals surface area contributed by atoms with E-state index in [1.807, 2.05) is 6.07 Å². The van der Waals surface area contributed by atoms with Crippen molar-refractivity contribution in [1.29, 1.82) is 5.26 Å². The number of methoxy groups -OCH3 is 1. The molecule has 166 valence electrons. The molecule has 0 aliphatic carbocycles. The predicted octanol–water partition coefficient (Wildman–Crippen LogP) is 2.55. The second-order valence-corrected chi connectivity index (χ2v) is 7.70. The number of nitrogens with zero attached hydrogens (tertiary/aromatic N) is 3. The average Bonchev–Trinajstić information content (AvgIpc) is 2.73. The van der Waals surface area contributed by atoms with Crippen LogP contribution in [0.4, 0.5) is 5.69 Å². The van der Waals surface area contributed by atoms with Crippen molar-refractivity contribution in [3.8, 4) is 6.07 Å². The molecule has 10 heteroatoms. The lowest BCUT2D eigenvalue weighted by Crippen LogP contribution is -2.61. The van der Waals surface area contributed by atoms with Crippen molar-refractivity contribution in [3.05, 3.63) is 51.2 Å². The SMILES string of the molecule is CCC1(c2cccc([N+](=O)[O-])c2)C(C(=O)O)=C(C)N(CC(C#N)OC)CC1(C)C(=O)O. The highest BCUT2D eigenvalue weighted by Gasteiger charge is 2.61. The Bertz CT molecular complexity index is 983. The second kappa shape index (κ2) is 8.73. The van der Waals surface area contributed by atoms with Crippen LogP contribution in [0.25, 0.3) is 0 Å². The Hall–Kier alpha value is -3.45. The molecule has 3 atom stereocenters. The summed E-state index contributed by atoms with van der Waals surface area (Å²) in [6.07, 6.45) is -0.814. The van der Waals surface area contributed by atoms with E-state index in [4.69, 9.17) is 4.74 Å². The molecule has 0 spiro atoms. The molecule has 1 aliphatic heterocycles. The van der Waals surface area contributed by atoms with Crippen LogP contribution in [0.3, 0.4) is 0 Å². The van der Waals surface area contributed by atoms with Gasteiger partial charge in [-0.1, -0.05) is 19.1 Å². The Kier molecular flexibility index (Phi) is 6.71. The summed E-state index contributed by atoms with van der Waals surface area (Å²) < 4.78 is 5.08. The summed E-state index contributed by atoms with van der Waals surface area (Å²) in [4.78, 5) is 37.4. The van der Waals surface area contributed by atoms with Crippen LogP contribution >= 0.6 is 0 Å². The molecule has 2 rings (SSSR count). The zero-order chi connectivity index (χ0) is 23.6. The summed E-state index contributed by atoms with van der Waals surface area (Å²) in [5, 5.41) is 41.1. The third-order valence-corrected chi connectivity index (χ3v) is 6.29. The number of ether oxygens (including phenoxy) is 1. The first-order valence-corrected chi connectivity index (χ1v) is 9.60. The fraction of sp³-hybridized carbons (Fsp3) is 0.476. The average molecular weight is 431 g/mol. The molecule has 10 nitrogen and oxygen atoms in total. The van der Waals surface area contributed by atoms with E-state index in [0.29, 0.717) is 0 Å². The van der Waals surface area contributed by atoms with Gasteiger partial charge in [-0.3, -0.25) is 14.9 Å². The first kappa shape index (κ1) is 23.8. The van der Waals surface area contributed by atoms with Gasteiger partial charge in [0, 0.05) is 36.9 Å². The number of hydrogen-bond acceptors (Lipinski definition) is 7. The van der Waals surface area contributed by atoms with Crippen molar-refractivity contribution in [2.24, 2.45) is 5.41 Å². The van der Waals surface area contributed by atoms with Crippen LogP contribution in [0.2, 0.25) is 0 Å². The second-order valence-electron chi connectivity index (χ2n) is 7.70. The molecule has 0 fully saturated rings. The van der Waals surface area contributed by atoms with Crippen LogP contribution < -0.4 is 0 Å². The molecular weight excluding hydrogens is 406 g/mol. The van der Waals surface area contributed by atoms with Gasteiger partial charge < -0.3 is 19.8 Å². The molecule has 0 saturated heterocycles. The largest absolute Gasteiger partial charge is 0.481 e. The summed E-state index contributed by atoms with van der Waals surface area (Å²) in [7, 11) is 1.34. The standard InChI is InChI=1S/C21H25N3O7/c1-5-21(14-7-6-8-15(9-14)24(29)30)17(18(25)26)13(2)23(11-16(10-22)31-4)12-20(21,3)19(27)28/h6-9,16H,5,11-12H2,1-4H3,(H,25,26)(H,27,28). The Morgan fingerprint density at radius 3 is 2.52 bits per heavy atom. The molecule has 1 aromatic rings. The van der Waals surface area contributed by atoms with Crippen LogP contribution in [0.5, 0.6) is 0 Å². The highest BCUT2D eigenvalue weighted by Crippen LogP contribution is 2.55. The van der Waals surface area contributed by atoms with Gasteiger partial charge in [-0.05, 0) is 25.8 Å². The molecule has 2 N–H and O–H groups in total. The molecule has 3 unspecified atom stereocenters. The van der Waals surface area contributed by atoms with Gasteiger partial charge in [-0.15, -0.1) is 0 Å². The maximum Gasteiger partial charge on any atom is 0.334 e. The van der Waals surface area contributed by atoms with E-state index in [0.717, 1.165) is 0 Å². The number of carbonyl (C=O) groups is 2. The number of non-ortho nitro benzene ring substituents is 1.